The zero-order chi connectivity index (χ0) is 14.3. The highest BCUT2D eigenvalue weighted by Crippen LogP contribution is 2.28. The predicted molar refractivity (Wildman–Crippen MR) is 78.4 cm³/mol. The van der Waals surface area contributed by atoms with Crippen molar-refractivity contribution in [2.45, 2.75) is 52.2 Å². The van der Waals surface area contributed by atoms with Crippen LogP contribution in [0.5, 0.6) is 0 Å². The molecule has 1 aliphatic carbocycles. The first-order valence-corrected chi connectivity index (χ1v) is 7.23. The Bertz CT molecular complexity index is 283. The van der Waals surface area contributed by atoms with Gasteiger partial charge in [-0.3, -0.25) is 4.99 Å². The lowest BCUT2D eigenvalue weighted by atomic mass is 10.1. The van der Waals surface area contributed by atoms with Crippen LogP contribution in [0.3, 0.4) is 0 Å². The number of nitrogens with one attached hydrogen (secondary N) is 2. The van der Waals surface area contributed by atoms with E-state index >= 15 is 0 Å². The van der Waals surface area contributed by atoms with Gasteiger partial charge < -0.3 is 20.5 Å². The van der Waals surface area contributed by atoms with Crippen LogP contribution < -0.4 is 10.6 Å². The van der Waals surface area contributed by atoms with Gasteiger partial charge in [0.15, 0.2) is 5.96 Å². The fourth-order valence-electron chi connectivity index (χ4n) is 1.57. The molecule has 5 heteroatoms. The zero-order valence-corrected chi connectivity index (χ0v) is 12.7. The lowest BCUT2D eigenvalue weighted by molar-refractivity contribution is 0.0368. The molecule has 0 amide bonds. The number of aliphatic hydroxyl groups is 1. The first kappa shape index (κ1) is 16.2. The number of aliphatic hydroxyl groups excluding tert-OH is 1. The summed E-state index contributed by atoms with van der Waals surface area (Å²) in [5.74, 6) is 1.46. The molecule has 0 aliphatic heterocycles. The normalized spacial score (nSPS) is 18.3. The Balaban J connectivity index is 2.26. The van der Waals surface area contributed by atoms with Crippen LogP contribution in [0.15, 0.2) is 4.99 Å². The summed E-state index contributed by atoms with van der Waals surface area (Å²) in [5.41, 5.74) is -0.0472. The molecule has 0 bridgehead atoms. The maximum absolute atomic E-state index is 9.81. The van der Waals surface area contributed by atoms with Crippen LogP contribution in [-0.2, 0) is 4.74 Å². The first-order valence-electron chi connectivity index (χ1n) is 7.23. The van der Waals surface area contributed by atoms with Gasteiger partial charge in [0, 0.05) is 18.7 Å². The summed E-state index contributed by atoms with van der Waals surface area (Å²) >= 11 is 0. The van der Waals surface area contributed by atoms with Crippen molar-refractivity contribution in [2.75, 3.05) is 26.3 Å². The molecule has 0 radical (unpaired) electrons. The Hall–Kier alpha value is -0.810. The van der Waals surface area contributed by atoms with E-state index in [4.69, 9.17) is 4.74 Å². The maximum atomic E-state index is 9.81. The van der Waals surface area contributed by atoms with Gasteiger partial charge in [-0.25, -0.2) is 0 Å². The molecule has 1 saturated carbocycles. The van der Waals surface area contributed by atoms with Crippen LogP contribution >= 0.6 is 0 Å². The first-order chi connectivity index (χ1) is 8.90. The van der Waals surface area contributed by atoms with E-state index in [-0.39, 0.29) is 5.54 Å². The SMILES string of the molecule is CCNC(=NCC(O)COCC1CC1)NC(C)(C)C. The van der Waals surface area contributed by atoms with Gasteiger partial charge in [0.25, 0.3) is 0 Å². The zero-order valence-electron chi connectivity index (χ0n) is 12.7. The second-order valence-electron chi connectivity index (χ2n) is 6.23. The minimum absolute atomic E-state index is 0.0472. The highest BCUT2D eigenvalue weighted by molar-refractivity contribution is 5.80. The third kappa shape index (κ3) is 8.83. The Morgan fingerprint density at radius 3 is 2.63 bits per heavy atom. The third-order valence-corrected chi connectivity index (χ3v) is 2.66. The highest BCUT2D eigenvalue weighted by atomic mass is 16.5. The summed E-state index contributed by atoms with van der Waals surface area (Å²) in [5, 5.41) is 16.3. The smallest absolute Gasteiger partial charge is 0.191 e. The monoisotopic (exact) mass is 271 g/mol. The van der Waals surface area contributed by atoms with Gasteiger partial charge in [0.2, 0.25) is 0 Å². The van der Waals surface area contributed by atoms with Crippen molar-refractivity contribution < 1.29 is 9.84 Å². The molecular weight excluding hydrogens is 242 g/mol. The molecule has 1 aliphatic rings. The molecule has 19 heavy (non-hydrogen) atoms. The van der Waals surface area contributed by atoms with Gasteiger partial charge in [0.05, 0.1) is 19.3 Å². The average molecular weight is 271 g/mol. The van der Waals surface area contributed by atoms with E-state index in [1.165, 1.54) is 12.8 Å². The van der Waals surface area contributed by atoms with Gasteiger partial charge >= 0.3 is 0 Å². The molecule has 1 unspecified atom stereocenters. The topological polar surface area (TPSA) is 65.9 Å². The lowest BCUT2D eigenvalue weighted by Gasteiger charge is -2.24. The molecular formula is C14H29N3O2. The second kappa shape index (κ2) is 7.70. The minimum Gasteiger partial charge on any atom is -0.389 e. The van der Waals surface area contributed by atoms with Gasteiger partial charge in [-0.2, -0.15) is 0 Å². The van der Waals surface area contributed by atoms with Gasteiger partial charge in [-0.1, -0.05) is 0 Å². The van der Waals surface area contributed by atoms with Crippen molar-refractivity contribution in [2.24, 2.45) is 10.9 Å². The van der Waals surface area contributed by atoms with Crippen molar-refractivity contribution >= 4 is 5.96 Å². The lowest BCUT2D eigenvalue weighted by Crippen LogP contribution is -2.48. The highest BCUT2D eigenvalue weighted by Gasteiger charge is 2.21. The summed E-state index contributed by atoms with van der Waals surface area (Å²) in [6.45, 7) is 10.6. The summed E-state index contributed by atoms with van der Waals surface area (Å²) in [4.78, 5) is 4.38. The molecule has 1 atom stereocenters. The molecule has 0 aromatic carbocycles. The third-order valence-electron chi connectivity index (χ3n) is 2.66. The van der Waals surface area contributed by atoms with Crippen molar-refractivity contribution in [3.05, 3.63) is 0 Å². The van der Waals surface area contributed by atoms with Crippen molar-refractivity contribution in [1.29, 1.82) is 0 Å². The van der Waals surface area contributed by atoms with Gasteiger partial charge in [-0.05, 0) is 46.5 Å². The van der Waals surface area contributed by atoms with Crippen LogP contribution in [0.1, 0.15) is 40.5 Å². The van der Waals surface area contributed by atoms with E-state index in [0.717, 1.165) is 25.0 Å². The van der Waals surface area contributed by atoms with Gasteiger partial charge in [-0.15, -0.1) is 0 Å². The number of guanidine groups is 1. The molecule has 5 nitrogen and oxygen atoms in total. The number of hydrogen-bond acceptors (Lipinski definition) is 3. The van der Waals surface area contributed by atoms with Crippen molar-refractivity contribution in [1.82, 2.24) is 10.6 Å². The van der Waals surface area contributed by atoms with E-state index < -0.39 is 6.10 Å². The standard InChI is InChI=1S/C14H29N3O2/c1-5-15-13(17-14(2,3)4)16-8-12(18)10-19-9-11-6-7-11/h11-12,18H,5-10H2,1-4H3,(H2,15,16,17). The van der Waals surface area contributed by atoms with E-state index in [2.05, 4.69) is 36.4 Å². The quantitative estimate of drug-likeness (QED) is 0.480. The van der Waals surface area contributed by atoms with Crippen molar-refractivity contribution in [3.8, 4) is 0 Å². The molecule has 0 aromatic rings. The minimum atomic E-state index is -0.533. The number of rotatable bonds is 7. The summed E-state index contributed by atoms with van der Waals surface area (Å²) in [7, 11) is 0. The van der Waals surface area contributed by atoms with Crippen LogP contribution in [0.25, 0.3) is 0 Å². The molecule has 0 saturated heterocycles. The molecule has 112 valence electrons. The molecule has 1 rings (SSSR count). The summed E-state index contributed by atoms with van der Waals surface area (Å²) in [6, 6.07) is 0. The second-order valence-corrected chi connectivity index (χ2v) is 6.23. The fourth-order valence-corrected chi connectivity index (χ4v) is 1.57. The van der Waals surface area contributed by atoms with E-state index in [9.17, 15) is 5.11 Å². The Labute approximate surface area is 116 Å². The average Bonchev–Trinajstić information content (AvgIpc) is 3.08. The maximum Gasteiger partial charge on any atom is 0.191 e. The number of nitrogens with zero attached hydrogens (tertiary/aromatic N) is 1. The molecule has 3 N–H and O–H groups in total. The largest absolute Gasteiger partial charge is 0.389 e. The van der Waals surface area contributed by atoms with Crippen LogP contribution in [-0.4, -0.2) is 49.0 Å². The molecule has 0 heterocycles. The molecule has 0 spiro atoms. The van der Waals surface area contributed by atoms with Crippen molar-refractivity contribution in [3.63, 3.8) is 0 Å². The predicted octanol–water partition coefficient (Wildman–Crippen LogP) is 1.13. The summed E-state index contributed by atoms with van der Waals surface area (Å²) < 4.78 is 5.45. The van der Waals surface area contributed by atoms with Crippen LogP contribution in [0.4, 0.5) is 0 Å². The van der Waals surface area contributed by atoms with E-state index in [1.807, 2.05) is 6.92 Å². The Kier molecular flexibility index (Phi) is 6.58. The molecule has 0 aromatic heterocycles. The Morgan fingerprint density at radius 2 is 2.11 bits per heavy atom. The Morgan fingerprint density at radius 1 is 1.42 bits per heavy atom. The number of ether oxygens (including phenoxy) is 1. The molecule has 1 fully saturated rings. The summed E-state index contributed by atoms with van der Waals surface area (Å²) in [6.07, 6.45) is 2.01. The van der Waals surface area contributed by atoms with Crippen LogP contribution in [0, 0.1) is 5.92 Å². The van der Waals surface area contributed by atoms with Crippen LogP contribution in [0.2, 0.25) is 0 Å². The van der Waals surface area contributed by atoms with E-state index in [1.54, 1.807) is 0 Å². The number of aliphatic imine (C=N–C) groups is 1. The fraction of sp³-hybridized carbons (Fsp3) is 0.929. The number of hydrogen-bond donors (Lipinski definition) is 3. The van der Waals surface area contributed by atoms with Gasteiger partial charge in [0.1, 0.15) is 0 Å². The van der Waals surface area contributed by atoms with E-state index in [0.29, 0.717) is 13.2 Å².